The number of hydrogen-bond donors (Lipinski definition) is 1. The Morgan fingerprint density at radius 1 is 1.11 bits per heavy atom. The van der Waals surface area contributed by atoms with Crippen LogP contribution in [0.4, 0.5) is 10.8 Å². The molecular weight excluding hydrogens is 402 g/mol. The van der Waals surface area contributed by atoms with Crippen LogP contribution in [0.2, 0.25) is 0 Å². The van der Waals surface area contributed by atoms with Crippen molar-refractivity contribution in [3.05, 3.63) is 46.7 Å². The molecule has 4 rings (SSSR count). The maximum absolute atomic E-state index is 12.4. The second kappa shape index (κ2) is 7.59. The van der Waals surface area contributed by atoms with Crippen LogP contribution in [0.1, 0.15) is 4.88 Å². The summed E-state index contributed by atoms with van der Waals surface area (Å²) in [6, 6.07) is 10.7. The van der Waals surface area contributed by atoms with Crippen molar-refractivity contribution in [2.24, 2.45) is 0 Å². The molecule has 1 aromatic carbocycles. The number of hydrogen-bond acceptors (Lipinski definition) is 7. The van der Waals surface area contributed by atoms with Crippen LogP contribution < -0.4 is 9.62 Å². The van der Waals surface area contributed by atoms with Gasteiger partial charge in [-0.05, 0) is 31.2 Å². The van der Waals surface area contributed by atoms with Crippen LogP contribution in [-0.4, -0.2) is 39.7 Å². The number of nitrogens with zero attached hydrogens (tertiary/aromatic N) is 2. The predicted octanol–water partition coefficient (Wildman–Crippen LogP) is 3.82. The topological polar surface area (TPSA) is 71.5 Å². The summed E-state index contributed by atoms with van der Waals surface area (Å²) in [6.45, 7) is 5.06. The molecular formula is C18H19N3O3S3. The van der Waals surface area contributed by atoms with Gasteiger partial charge in [-0.1, -0.05) is 12.1 Å². The van der Waals surface area contributed by atoms with E-state index in [0.29, 0.717) is 9.90 Å². The lowest BCUT2D eigenvalue weighted by Gasteiger charge is -2.26. The minimum absolute atomic E-state index is 0.318. The third kappa shape index (κ3) is 4.16. The van der Waals surface area contributed by atoms with E-state index in [1.165, 1.54) is 11.3 Å². The first-order chi connectivity index (χ1) is 13.0. The van der Waals surface area contributed by atoms with Gasteiger partial charge in [-0.25, -0.2) is 13.4 Å². The number of ether oxygens (including phenoxy) is 1. The van der Waals surface area contributed by atoms with Crippen molar-refractivity contribution in [2.45, 2.75) is 11.1 Å². The number of nitrogens with one attached hydrogen (secondary N) is 1. The Bertz CT molecular complexity index is 1020. The van der Waals surface area contributed by atoms with Crippen molar-refractivity contribution in [3.63, 3.8) is 0 Å². The Morgan fingerprint density at radius 2 is 1.85 bits per heavy atom. The third-order valence-corrected chi connectivity index (χ3v) is 7.96. The molecule has 0 spiro atoms. The molecule has 3 aromatic rings. The minimum Gasteiger partial charge on any atom is -0.378 e. The summed E-state index contributed by atoms with van der Waals surface area (Å²) in [5.41, 5.74) is 2.39. The molecule has 6 nitrogen and oxygen atoms in total. The van der Waals surface area contributed by atoms with Gasteiger partial charge in [0.1, 0.15) is 4.21 Å². The summed E-state index contributed by atoms with van der Waals surface area (Å²) in [7, 11) is -3.54. The monoisotopic (exact) mass is 421 g/mol. The van der Waals surface area contributed by atoms with E-state index in [2.05, 4.69) is 9.62 Å². The molecule has 0 aliphatic carbocycles. The molecule has 1 aliphatic heterocycles. The zero-order valence-corrected chi connectivity index (χ0v) is 17.2. The molecule has 2 aromatic heterocycles. The largest absolute Gasteiger partial charge is 0.378 e. The van der Waals surface area contributed by atoms with Crippen molar-refractivity contribution in [3.8, 4) is 11.3 Å². The number of thiophene rings is 1. The summed E-state index contributed by atoms with van der Waals surface area (Å²) in [5, 5.41) is 3.02. The molecule has 142 valence electrons. The average Bonchev–Trinajstić information content (AvgIpc) is 3.33. The first-order valence-electron chi connectivity index (χ1n) is 8.49. The first kappa shape index (κ1) is 18.4. The Labute approximate surface area is 166 Å². The number of sulfonamides is 1. The number of thiazole rings is 1. The fraction of sp³-hybridized carbons (Fsp3) is 0.278. The van der Waals surface area contributed by atoms with Gasteiger partial charge in [-0.15, -0.1) is 22.7 Å². The summed E-state index contributed by atoms with van der Waals surface area (Å²) in [5.74, 6) is 0. The van der Waals surface area contributed by atoms with Gasteiger partial charge in [-0.3, -0.25) is 4.72 Å². The van der Waals surface area contributed by atoms with Gasteiger partial charge in [0.05, 0.1) is 18.9 Å². The molecule has 0 saturated carbocycles. The molecule has 3 heterocycles. The Morgan fingerprint density at radius 3 is 2.52 bits per heavy atom. The van der Waals surface area contributed by atoms with Crippen molar-refractivity contribution in [1.29, 1.82) is 0 Å². The van der Waals surface area contributed by atoms with Crippen LogP contribution in [0.5, 0.6) is 0 Å². The second-order valence-corrected chi connectivity index (χ2v) is 10.2. The van der Waals surface area contributed by atoms with Gasteiger partial charge in [0.15, 0.2) is 5.13 Å². The summed E-state index contributed by atoms with van der Waals surface area (Å²) in [4.78, 5) is 7.90. The van der Waals surface area contributed by atoms with Crippen LogP contribution in [-0.2, 0) is 14.8 Å². The van der Waals surface area contributed by atoms with Crippen molar-refractivity contribution in [2.75, 3.05) is 35.9 Å². The van der Waals surface area contributed by atoms with Crippen LogP contribution in [0.3, 0.4) is 0 Å². The highest BCUT2D eigenvalue weighted by molar-refractivity contribution is 7.94. The molecule has 27 heavy (non-hydrogen) atoms. The smallest absolute Gasteiger partial charge is 0.271 e. The van der Waals surface area contributed by atoms with Crippen molar-refractivity contribution < 1.29 is 13.2 Å². The standard InChI is InChI=1S/C18H19N3O3S3/c1-13-2-7-17(26-13)27(22,23)20-15-5-3-14(4-6-15)16-12-25-18(19-16)21-8-10-24-11-9-21/h2-7,12,20H,8-11H2,1H3. The average molecular weight is 422 g/mol. The fourth-order valence-corrected chi connectivity index (χ4v) is 6.00. The van der Waals surface area contributed by atoms with Gasteiger partial charge in [-0.2, -0.15) is 0 Å². The number of aryl methyl sites for hydroxylation is 1. The summed E-state index contributed by atoms with van der Waals surface area (Å²) < 4.78 is 33.2. The molecule has 0 amide bonds. The van der Waals surface area contributed by atoms with Gasteiger partial charge >= 0.3 is 0 Å². The Hall–Kier alpha value is -1.94. The highest BCUT2D eigenvalue weighted by Crippen LogP contribution is 2.29. The van der Waals surface area contributed by atoms with Crippen LogP contribution in [0.15, 0.2) is 46.0 Å². The fourth-order valence-electron chi connectivity index (χ4n) is 2.77. The highest BCUT2D eigenvalue weighted by atomic mass is 32.2. The molecule has 0 unspecified atom stereocenters. The van der Waals surface area contributed by atoms with Crippen molar-refractivity contribution >= 4 is 43.5 Å². The number of morpholine rings is 1. The molecule has 0 bridgehead atoms. The van der Waals surface area contributed by atoms with Gasteiger partial charge in [0.25, 0.3) is 10.0 Å². The molecule has 1 aliphatic rings. The first-order valence-corrected chi connectivity index (χ1v) is 11.7. The van der Waals surface area contributed by atoms with Crippen LogP contribution in [0, 0.1) is 6.92 Å². The van der Waals surface area contributed by atoms with Crippen LogP contribution >= 0.6 is 22.7 Å². The lowest BCUT2D eigenvalue weighted by molar-refractivity contribution is 0.122. The highest BCUT2D eigenvalue weighted by Gasteiger charge is 2.17. The number of anilines is 2. The normalized spacial score (nSPS) is 15.1. The minimum atomic E-state index is -3.54. The second-order valence-electron chi connectivity index (χ2n) is 6.16. The molecule has 1 fully saturated rings. The molecule has 9 heteroatoms. The zero-order valence-electron chi connectivity index (χ0n) is 14.7. The van der Waals surface area contributed by atoms with E-state index >= 15 is 0 Å². The van der Waals surface area contributed by atoms with E-state index in [-0.39, 0.29) is 0 Å². The quantitative estimate of drug-likeness (QED) is 0.678. The lowest BCUT2D eigenvalue weighted by Crippen LogP contribution is -2.36. The SMILES string of the molecule is Cc1ccc(S(=O)(=O)Nc2ccc(-c3csc(N4CCOCC4)n3)cc2)s1. The molecule has 0 atom stereocenters. The van der Waals surface area contributed by atoms with Crippen molar-refractivity contribution in [1.82, 2.24) is 4.98 Å². The van der Waals surface area contributed by atoms with Crippen LogP contribution in [0.25, 0.3) is 11.3 Å². The van der Waals surface area contributed by atoms with Gasteiger partial charge in [0, 0.05) is 34.6 Å². The third-order valence-electron chi connectivity index (χ3n) is 4.19. The van der Waals surface area contributed by atoms with E-state index in [0.717, 1.165) is 47.6 Å². The lowest BCUT2D eigenvalue weighted by atomic mass is 10.1. The Balaban J connectivity index is 1.48. The molecule has 1 saturated heterocycles. The Kier molecular flexibility index (Phi) is 5.18. The number of benzene rings is 1. The van der Waals surface area contributed by atoms with E-state index in [9.17, 15) is 8.42 Å². The maximum atomic E-state index is 12.4. The summed E-state index contributed by atoms with van der Waals surface area (Å²) in [6.07, 6.45) is 0. The van der Waals surface area contributed by atoms with E-state index < -0.39 is 10.0 Å². The van der Waals surface area contributed by atoms with E-state index in [1.54, 1.807) is 35.6 Å². The molecule has 1 N–H and O–H groups in total. The number of aromatic nitrogens is 1. The van der Waals surface area contributed by atoms with Gasteiger partial charge in [0.2, 0.25) is 0 Å². The van der Waals surface area contributed by atoms with Gasteiger partial charge < -0.3 is 9.64 Å². The predicted molar refractivity (Wildman–Crippen MR) is 110 cm³/mol. The van der Waals surface area contributed by atoms with E-state index in [1.807, 2.05) is 24.4 Å². The zero-order chi connectivity index (χ0) is 18.9. The maximum Gasteiger partial charge on any atom is 0.271 e. The molecule has 0 radical (unpaired) electrons. The number of rotatable bonds is 5. The summed E-state index contributed by atoms with van der Waals surface area (Å²) >= 11 is 2.87. The van der Waals surface area contributed by atoms with E-state index in [4.69, 9.17) is 9.72 Å².